The van der Waals surface area contributed by atoms with Gasteiger partial charge in [0.25, 0.3) is 0 Å². The SMILES string of the molecule is Cc1ccc(C2C3=C(CC(C)(C)CC3=O)N=C3CC(C)(C)CC(=O)C32)o1. The molecule has 2 aliphatic carbocycles. The van der Waals surface area contributed by atoms with Crippen molar-refractivity contribution >= 4 is 17.3 Å². The molecule has 26 heavy (non-hydrogen) atoms. The van der Waals surface area contributed by atoms with Crippen LogP contribution >= 0.6 is 0 Å². The Labute approximate surface area is 154 Å². The Morgan fingerprint density at radius 2 is 1.65 bits per heavy atom. The van der Waals surface area contributed by atoms with Gasteiger partial charge in [0, 0.05) is 29.8 Å². The molecule has 0 amide bonds. The molecule has 1 fully saturated rings. The summed E-state index contributed by atoms with van der Waals surface area (Å²) in [5.41, 5.74) is 2.37. The number of rotatable bonds is 1. The summed E-state index contributed by atoms with van der Waals surface area (Å²) in [5.74, 6) is 1.18. The first-order chi connectivity index (χ1) is 12.1. The molecule has 138 valence electrons. The molecule has 1 aromatic heterocycles. The largest absolute Gasteiger partial charge is 0.466 e. The molecular weight excluding hydrogens is 326 g/mol. The summed E-state index contributed by atoms with van der Waals surface area (Å²) in [5, 5.41) is 0. The number of ketones is 2. The molecule has 4 nitrogen and oxygen atoms in total. The third-order valence-corrected chi connectivity index (χ3v) is 5.91. The van der Waals surface area contributed by atoms with Crippen molar-refractivity contribution in [3.8, 4) is 0 Å². The maximum absolute atomic E-state index is 13.1. The average Bonchev–Trinajstić information content (AvgIpc) is 2.88. The Kier molecular flexibility index (Phi) is 3.70. The van der Waals surface area contributed by atoms with Gasteiger partial charge in [0.15, 0.2) is 5.78 Å². The van der Waals surface area contributed by atoms with Crippen LogP contribution in [0.2, 0.25) is 0 Å². The summed E-state index contributed by atoms with van der Waals surface area (Å²) >= 11 is 0. The average molecular weight is 353 g/mol. The third kappa shape index (κ3) is 2.80. The highest BCUT2D eigenvalue weighted by Crippen LogP contribution is 2.51. The lowest BCUT2D eigenvalue weighted by Gasteiger charge is -2.43. The van der Waals surface area contributed by atoms with Crippen LogP contribution in [-0.4, -0.2) is 17.3 Å². The van der Waals surface area contributed by atoms with Gasteiger partial charge < -0.3 is 4.42 Å². The molecule has 2 heterocycles. The van der Waals surface area contributed by atoms with Gasteiger partial charge in [0.2, 0.25) is 0 Å². The van der Waals surface area contributed by atoms with Crippen LogP contribution in [0.1, 0.15) is 70.8 Å². The molecule has 2 atom stereocenters. The quantitative estimate of drug-likeness (QED) is 0.730. The molecular formula is C22H27NO3. The molecule has 4 heteroatoms. The van der Waals surface area contributed by atoms with E-state index in [1.54, 1.807) is 0 Å². The number of carbonyl (C=O) groups excluding carboxylic acids is 2. The van der Waals surface area contributed by atoms with Gasteiger partial charge in [-0.15, -0.1) is 0 Å². The predicted octanol–water partition coefficient (Wildman–Crippen LogP) is 4.77. The van der Waals surface area contributed by atoms with E-state index in [0.29, 0.717) is 12.8 Å². The molecule has 2 unspecified atom stereocenters. The van der Waals surface area contributed by atoms with Gasteiger partial charge >= 0.3 is 0 Å². The van der Waals surface area contributed by atoms with Crippen molar-refractivity contribution in [3.05, 3.63) is 34.9 Å². The number of fused-ring (bicyclic) bond motifs is 1. The molecule has 4 rings (SSSR count). The minimum absolute atomic E-state index is 0.0810. The van der Waals surface area contributed by atoms with Crippen LogP contribution in [-0.2, 0) is 9.59 Å². The van der Waals surface area contributed by atoms with E-state index in [1.165, 1.54) is 0 Å². The van der Waals surface area contributed by atoms with E-state index in [2.05, 4.69) is 27.7 Å². The van der Waals surface area contributed by atoms with Gasteiger partial charge in [-0.1, -0.05) is 27.7 Å². The standard InChI is InChI=1S/C22H27NO3/c1-12-6-7-17(26-12)20-18-13(8-21(2,3)10-15(18)24)23-14-9-22(4,5)11-16(25)19(14)20/h6-7,18,20H,8-11H2,1-5H3. The Balaban J connectivity index is 1.90. The number of furan rings is 1. The van der Waals surface area contributed by atoms with Gasteiger partial charge in [0.05, 0.1) is 11.8 Å². The van der Waals surface area contributed by atoms with E-state index in [4.69, 9.17) is 9.41 Å². The molecule has 1 saturated carbocycles. The highest BCUT2D eigenvalue weighted by atomic mass is 16.3. The molecule has 3 aliphatic rings. The lowest BCUT2D eigenvalue weighted by atomic mass is 9.61. The van der Waals surface area contributed by atoms with E-state index in [1.807, 2.05) is 19.1 Å². The van der Waals surface area contributed by atoms with Crippen LogP contribution in [0.25, 0.3) is 0 Å². The minimum atomic E-state index is -0.350. The zero-order chi connectivity index (χ0) is 18.9. The number of carbonyl (C=O) groups is 2. The summed E-state index contributed by atoms with van der Waals surface area (Å²) in [6.45, 7) is 10.4. The number of nitrogens with zero attached hydrogens (tertiary/aromatic N) is 1. The number of hydrogen-bond acceptors (Lipinski definition) is 4. The van der Waals surface area contributed by atoms with Crippen LogP contribution in [0.5, 0.6) is 0 Å². The molecule has 0 bridgehead atoms. The predicted molar refractivity (Wildman–Crippen MR) is 100 cm³/mol. The van der Waals surface area contributed by atoms with Crippen molar-refractivity contribution in [3.63, 3.8) is 0 Å². The fraction of sp³-hybridized carbons (Fsp3) is 0.591. The van der Waals surface area contributed by atoms with Crippen LogP contribution in [0.4, 0.5) is 0 Å². The Bertz CT molecular complexity index is 866. The molecule has 1 aliphatic heterocycles. The molecule has 0 aromatic carbocycles. The zero-order valence-electron chi connectivity index (χ0n) is 16.3. The van der Waals surface area contributed by atoms with E-state index in [0.717, 1.165) is 41.3 Å². The monoisotopic (exact) mass is 353 g/mol. The van der Waals surface area contributed by atoms with Crippen molar-refractivity contribution in [2.75, 3.05) is 0 Å². The van der Waals surface area contributed by atoms with Crippen LogP contribution in [0.15, 0.2) is 32.8 Å². The molecule has 0 saturated heterocycles. The second-order valence-electron chi connectivity index (χ2n) is 9.79. The van der Waals surface area contributed by atoms with Gasteiger partial charge in [-0.2, -0.15) is 0 Å². The topological polar surface area (TPSA) is 59.6 Å². The smallest absolute Gasteiger partial charge is 0.162 e. The second-order valence-corrected chi connectivity index (χ2v) is 9.79. The van der Waals surface area contributed by atoms with E-state index < -0.39 is 0 Å². The van der Waals surface area contributed by atoms with Crippen LogP contribution in [0, 0.1) is 23.7 Å². The summed E-state index contributed by atoms with van der Waals surface area (Å²) < 4.78 is 5.93. The maximum atomic E-state index is 13.1. The number of aryl methyl sites for hydroxylation is 1. The Morgan fingerprint density at radius 3 is 2.31 bits per heavy atom. The number of hydrogen-bond donors (Lipinski definition) is 0. The van der Waals surface area contributed by atoms with E-state index in [9.17, 15) is 9.59 Å². The lowest BCUT2D eigenvalue weighted by molar-refractivity contribution is -0.124. The van der Waals surface area contributed by atoms with Gasteiger partial charge in [-0.05, 0) is 42.7 Å². The Hall–Kier alpha value is -1.97. The van der Waals surface area contributed by atoms with Gasteiger partial charge in [-0.25, -0.2) is 0 Å². The summed E-state index contributed by atoms with van der Waals surface area (Å²) in [6.07, 6.45) is 2.59. The second kappa shape index (κ2) is 5.51. The summed E-state index contributed by atoms with van der Waals surface area (Å²) in [4.78, 5) is 31.1. The van der Waals surface area contributed by atoms with Crippen molar-refractivity contribution in [2.45, 2.75) is 66.2 Å². The molecule has 0 radical (unpaired) electrons. The fourth-order valence-electron chi connectivity index (χ4n) is 4.94. The van der Waals surface area contributed by atoms with Gasteiger partial charge in [0.1, 0.15) is 17.3 Å². The normalized spacial score (nSPS) is 30.0. The third-order valence-electron chi connectivity index (χ3n) is 5.91. The maximum Gasteiger partial charge on any atom is 0.162 e. The van der Waals surface area contributed by atoms with Crippen molar-refractivity contribution < 1.29 is 14.0 Å². The molecule has 1 aromatic rings. The number of Topliss-reactive ketones (excluding diaryl/α,β-unsaturated/α-hetero) is 2. The minimum Gasteiger partial charge on any atom is -0.466 e. The van der Waals surface area contributed by atoms with Crippen molar-refractivity contribution in [2.24, 2.45) is 21.7 Å². The first kappa shape index (κ1) is 17.4. The van der Waals surface area contributed by atoms with Crippen molar-refractivity contribution in [1.29, 1.82) is 0 Å². The van der Waals surface area contributed by atoms with E-state index in [-0.39, 0.29) is 34.2 Å². The first-order valence-corrected chi connectivity index (χ1v) is 9.49. The molecule has 0 spiro atoms. The summed E-state index contributed by atoms with van der Waals surface area (Å²) in [6, 6.07) is 3.84. The van der Waals surface area contributed by atoms with Crippen LogP contribution in [0.3, 0.4) is 0 Å². The lowest BCUT2D eigenvalue weighted by Crippen LogP contribution is -2.45. The first-order valence-electron chi connectivity index (χ1n) is 9.49. The van der Waals surface area contributed by atoms with Crippen LogP contribution < -0.4 is 0 Å². The number of allylic oxidation sites excluding steroid dienone is 2. The van der Waals surface area contributed by atoms with Crippen molar-refractivity contribution in [1.82, 2.24) is 0 Å². The highest BCUT2D eigenvalue weighted by molar-refractivity contribution is 6.13. The highest BCUT2D eigenvalue weighted by Gasteiger charge is 2.50. The fourth-order valence-corrected chi connectivity index (χ4v) is 4.94. The van der Waals surface area contributed by atoms with Gasteiger partial charge in [-0.3, -0.25) is 14.6 Å². The summed E-state index contributed by atoms with van der Waals surface area (Å²) in [7, 11) is 0. The number of aliphatic imine (C=N–C) groups is 1. The zero-order valence-corrected chi connectivity index (χ0v) is 16.3. The molecule has 0 N–H and O–H groups in total. The Morgan fingerprint density at radius 1 is 0.962 bits per heavy atom. The van der Waals surface area contributed by atoms with E-state index >= 15 is 0 Å².